The Morgan fingerprint density at radius 3 is 2.21 bits per heavy atom. The highest BCUT2D eigenvalue weighted by Crippen LogP contribution is 2.39. The molecule has 0 atom stereocenters. The predicted molar refractivity (Wildman–Crippen MR) is 91.8 cm³/mol. The van der Waals surface area contributed by atoms with Crippen molar-refractivity contribution in [1.82, 2.24) is 4.90 Å². The molecule has 4 rings (SSSR count). The number of rotatable bonds is 2. The van der Waals surface area contributed by atoms with Gasteiger partial charge in [-0.2, -0.15) is 0 Å². The van der Waals surface area contributed by atoms with Crippen LogP contribution in [0.1, 0.15) is 25.7 Å². The summed E-state index contributed by atoms with van der Waals surface area (Å²) in [5, 5.41) is 0. The van der Waals surface area contributed by atoms with Crippen LogP contribution in [-0.2, 0) is 14.3 Å². The van der Waals surface area contributed by atoms with Gasteiger partial charge in [-0.1, -0.05) is 18.2 Å². The largest absolute Gasteiger partial charge is 0.368 e. The van der Waals surface area contributed by atoms with E-state index in [1.54, 1.807) is 0 Å². The average molecular weight is 330 g/mol. The van der Waals surface area contributed by atoms with Crippen LogP contribution >= 0.6 is 0 Å². The van der Waals surface area contributed by atoms with Crippen molar-refractivity contribution in [3.8, 4) is 0 Å². The number of benzene rings is 1. The van der Waals surface area contributed by atoms with E-state index in [-0.39, 0.29) is 11.7 Å². The van der Waals surface area contributed by atoms with Gasteiger partial charge in [0.1, 0.15) is 0 Å². The quantitative estimate of drug-likeness (QED) is 0.834. The van der Waals surface area contributed by atoms with E-state index in [4.69, 9.17) is 9.47 Å². The summed E-state index contributed by atoms with van der Waals surface area (Å²) >= 11 is 0. The lowest BCUT2D eigenvalue weighted by atomic mass is 9.84. The molecule has 0 N–H and O–H groups in total. The first kappa shape index (κ1) is 15.9. The van der Waals surface area contributed by atoms with Gasteiger partial charge in [-0.3, -0.25) is 4.79 Å². The first-order valence-electron chi connectivity index (χ1n) is 9.12. The van der Waals surface area contributed by atoms with E-state index in [0.29, 0.717) is 19.1 Å². The molecule has 2 heterocycles. The van der Waals surface area contributed by atoms with Crippen LogP contribution in [0, 0.1) is 5.92 Å². The van der Waals surface area contributed by atoms with Crippen molar-refractivity contribution in [2.24, 2.45) is 5.92 Å². The molecular formula is C19H26N2O3. The first-order valence-corrected chi connectivity index (χ1v) is 9.12. The van der Waals surface area contributed by atoms with Gasteiger partial charge in [0.2, 0.25) is 5.91 Å². The molecule has 3 fully saturated rings. The number of anilines is 1. The van der Waals surface area contributed by atoms with E-state index < -0.39 is 0 Å². The molecule has 5 nitrogen and oxygen atoms in total. The van der Waals surface area contributed by atoms with Crippen molar-refractivity contribution < 1.29 is 14.3 Å². The number of carbonyl (C=O) groups excluding carboxylic acids is 1. The lowest BCUT2D eigenvalue weighted by Crippen LogP contribution is -2.51. The Kier molecular flexibility index (Phi) is 4.46. The fourth-order valence-electron chi connectivity index (χ4n) is 4.17. The molecule has 1 aliphatic carbocycles. The minimum atomic E-state index is -0.372. The number of amides is 1. The molecule has 130 valence electrons. The second-order valence-corrected chi connectivity index (χ2v) is 7.03. The van der Waals surface area contributed by atoms with Crippen molar-refractivity contribution in [3.63, 3.8) is 0 Å². The Morgan fingerprint density at radius 2 is 1.58 bits per heavy atom. The maximum atomic E-state index is 12.8. The number of ether oxygens (including phenoxy) is 2. The van der Waals surface area contributed by atoms with Crippen molar-refractivity contribution >= 4 is 11.6 Å². The molecule has 2 saturated heterocycles. The molecule has 1 aromatic carbocycles. The van der Waals surface area contributed by atoms with Crippen LogP contribution in [0.15, 0.2) is 30.3 Å². The topological polar surface area (TPSA) is 42.0 Å². The summed E-state index contributed by atoms with van der Waals surface area (Å²) in [5.41, 5.74) is 1.25. The number of piperazine rings is 1. The second-order valence-electron chi connectivity index (χ2n) is 7.03. The number of hydrogen-bond donors (Lipinski definition) is 0. The molecule has 0 unspecified atom stereocenters. The Bertz CT molecular complexity index is 553. The van der Waals surface area contributed by atoms with Crippen LogP contribution in [0.5, 0.6) is 0 Å². The molecule has 5 heteroatoms. The molecule has 0 bridgehead atoms. The Morgan fingerprint density at radius 1 is 0.958 bits per heavy atom. The first-order chi connectivity index (χ1) is 11.8. The minimum Gasteiger partial charge on any atom is -0.368 e. The number of nitrogens with zero attached hydrogens (tertiary/aromatic N) is 2. The zero-order valence-corrected chi connectivity index (χ0v) is 14.2. The second kappa shape index (κ2) is 6.73. The highest BCUT2D eigenvalue weighted by Gasteiger charge is 2.42. The summed E-state index contributed by atoms with van der Waals surface area (Å²) in [5.74, 6) is 0.102. The van der Waals surface area contributed by atoms with Gasteiger partial charge in [0.15, 0.2) is 5.79 Å². The summed E-state index contributed by atoms with van der Waals surface area (Å²) in [6.45, 7) is 4.86. The molecule has 24 heavy (non-hydrogen) atoms. The normalized spacial score (nSPS) is 24.5. The molecular weight excluding hydrogens is 304 g/mol. The minimum absolute atomic E-state index is 0.145. The number of hydrogen-bond acceptors (Lipinski definition) is 4. The molecule has 0 radical (unpaired) electrons. The van der Waals surface area contributed by atoms with E-state index in [0.717, 1.165) is 51.9 Å². The van der Waals surface area contributed by atoms with Gasteiger partial charge in [0, 0.05) is 50.6 Å². The van der Waals surface area contributed by atoms with Crippen molar-refractivity contribution in [2.75, 3.05) is 44.3 Å². The van der Waals surface area contributed by atoms with Crippen LogP contribution in [0.2, 0.25) is 0 Å². The summed E-state index contributed by atoms with van der Waals surface area (Å²) < 4.78 is 11.5. The van der Waals surface area contributed by atoms with E-state index in [1.807, 2.05) is 6.07 Å². The summed E-state index contributed by atoms with van der Waals surface area (Å²) in [6, 6.07) is 10.5. The Hall–Kier alpha value is -1.59. The van der Waals surface area contributed by atoms with Gasteiger partial charge in [0.25, 0.3) is 0 Å². The Labute approximate surface area is 143 Å². The molecule has 1 spiro atoms. The van der Waals surface area contributed by atoms with Crippen molar-refractivity contribution in [2.45, 2.75) is 31.5 Å². The lowest BCUT2D eigenvalue weighted by Gasteiger charge is -2.40. The van der Waals surface area contributed by atoms with Gasteiger partial charge in [-0.05, 0) is 25.0 Å². The van der Waals surface area contributed by atoms with Crippen LogP contribution in [-0.4, -0.2) is 56.0 Å². The van der Waals surface area contributed by atoms with Gasteiger partial charge >= 0.3 is 0 Å². The fourth-order valence-corrected chi connectivity index (χ4v) is 4.17. The molecule has 1 amide bonds. The smallest absolute Gasteiger partial charge is 0.225 e. The third kappa shape index (κ3) is 3.15. The van der Waals surface area contributed by atoms with E-state index in [1.165, 1.54) is 5.69 Å². The molecule has 0 aromatic heterocycles. The highest BCUT2D eigenvalue weighted by molar-refractivity contribution is 5.79. The van der Waals surface area contributed by atoms with Crippen molar-refractivity contribution in [1.29, 1.82) is 0 Å². The standard InChI is InChI=1S/C19H26N2O3/c22-18(16-6-8-19(9-7-16)23-14-15-24-19)21-12-10-20(11-13-21)17-4-2-1-3-5-17/h1-5,16H,6-15H2. The zero-order chi connectivity index (χ0) is 16.4. The van der Waals surface area contributed by atoms with Gasteiger partial charge in [0.05, 0.1) is 13.2 Å². The third-order valence-corrected chi connectivity index (χ3v) is 5.62. The summed E-state index contributed by atoms with van der Waals surface area (Å²) in [4.78, 5) is 17.2. The van der Waals surface area contributed by atoms with Crippen LogP contribution in [0.3, 0.4) is 0 Å². The van der Waals surface area contributed by atoms with E-state index in [9.17, 15) is 4.79 Å². The molecule has 2 aliphatic heterocycles. The van der Waals surface area contributed by atoms with Crippen LogP contribution in [0.25, 0.3) is 0 Å². The predicted octanol–water partition coefficient (Wildman–Crippen LogP) is 2.27. The maximum Gasteiger partial charge on any atom is 0.225 e. The highest BCUT2D eigenvalue weighted by atomic mass is 16.7. The lowest BCUT2D eigenvalue weighted by molar-refractivity contribution is -0.185. The summed E-state index contributed by atoms with van der Waals surface area (Å²) in [6.07, 6.45) is 3.48. The Balaban J connectivity index is 1.29. The van der Waals surface area contributed by atoms with E-state index >= 15 is 0 Å². The van der Waals surface area contributed by atoms with Crippen molar-refractivity contribution in [3.05, 3.63) is 30.3 Å². The third-order valence-electron chi connectivity index (χ3n) is 5.62. The molecule has 1 saturated carbocycles. The van der Waals surface area contributed by atoms with Crippen LogP contribution < -0.4 is 4.90 Å². The molecule has 1 aromatic rings. The van der Waals surface area contributed by atoms with E-state index in [2.05, 4.69) is 34.1 Å². The summed E-state index contributed by atoms with van der Waals surface area (Å²) in [7, 11) is 0. The monoisotopic (exact) mass is 330 g/mol. The number of para-hydroxylation sites is 1. The fraction of sp³-hybridized carbons (Fsp3) is 0.632. The zero-order valence-electron chi connectivity index (χ0n) is 14.2. The maximum absolute atomic E-state index is 12.8. The number of carbonyl (C=O) groups is 1. The van der Waals surface area contributed by atoms with Gasteiger partial charge < -0.3 is 19.3 Å². The SMILES string of the molecule is O=C(C1CCC2(CC1)OCCO2)N1CCN(c2ccccc2)CC1. The van der Waals surface area contributed by atoms with Gasteiger partial charge in [-0.25, -0.2) is 0 Å². The van der Waals surface area contributed by atoms with Gasteiger partial charge in [-0.15, -0.1) is 0 Å². The van der Waals surface area contributed by atoms with Crippen LogP contribution in [0.4, 0.5) is 5.69 Å². The molecule has 3 aliphatic rings. The average Bonchev–Trinajstić information content (AvgIpc) is 3.11.